The SMILES string of the molecule is Cc1cc(/C=C2/NC(=O)N(c3ccc(Cl)cc3)C2=O)c(C)n1-c1ccc(Br)c(Cl)c1. The Kier molecular flexibility index (Phi) is 5.49. The zero-order valence-electron chi connectivity index (χ0n) is 16.0. The van der Waals surface area contributed by atoms with E-state index in [2.05, 4.69) is 21.2 Å². The molecule has 152 valence electrons. The zero-order chi connectivity index (χ0) is 21.6. The van der Waals surface area contributed by atoms with Crippen molar-refractivity contribution in [3.05, 3.63) is 85.7 Å². The minimum atomic E-state index is -0.498. The fourth-order valence-electron chi connectivity index (χ4n) is 3.47. The van der Waals surface area contributed by atoms with Crippen LogP contribution in [0.5, 0.6) is 0 Å². The second kappa shape index (κ2) is 7.95. The Morgan fingerprint density at radius 3 is 2.30 bits per heavy atom. The number of carbonyl (C=O) groups excluding carboxylic acids is 2. The molecule has 4 rings (SSSR count). The molecular weight excluding hydrogens is 489 g/mol. The first-order chi connectivity index (χ1) is 14.3. The van der Waals surface area contributed by atoms with Crippen LogP contribution in [0.3, 0.4) is 0 Å². The minimum Gasteiger partial charge on any atom is -0.318 e. The molecule has 1 aliphatic rings. The maximum Gasteiger partial charge on any atom is 0.333 e. The predicted molar refractivity (Wildman–Crippen MR) is 123 cm³/mol. The molecule has 0 unspecified atom stereocenters. The van der Waals surface area contributed by atoms with Crippen molar-refractivity contribution in [2.24, 2.45) is 0 Å². The summed E-state index contributed by atoms with van der Waals surface area (Å²) in [5.74, 6) is -0.418. The molecule has 1 fully saturated rings. The van der Waals surface area contributed by atoms with E-state index in [1.165, 1.54) is 0 Å². The lowest BCUT2D eigenvalue weighted by atomic mass is 10.2. The molecule has 3 aromatic rings. The third-order valence-corrected chi connectivity index (χ3v) is 6.38. The van der Waals surface area contributed by atoms with Gasteiger partial charge in [-0.05, 0) is 89.9 Å². The van der Waals surface area contributed by atoms with E-state index >= 15 is 0 Å². The van der Waals surface area contributed by atoms with Gasteiger partial charge in [0.1, 0.15) is 5.70 Å². The van der Waals surface area contributed by atoms with E-state index in [9.17, 15) is 9.59 Å². The fourth-order valence-corrected chi connectivity index (χ4v) is 4.02. The molecule has 1 aromatic heterocycles. The van der Waals surface area contributed by atoms with Crippen LogP contribution in [0, 0.1) is 13.8 Å². The van der Waals surface area contributed by atoms with Crippen LogP contribution < -0.4 is 10.2 Å². The summed E-state index contributed by atoms with van der Waals surface area (Å²) in [7, 11) is 0. The largest absolute Gasteiger partial charge is 0.333 e. The highest BCUT2D eigenvalue weighted by molar-refractivity contribution is 9.10. The summed E-state index contributed by atoms with van der Waals surface area (Å²) in [4.78, 5) is 26.4. The van der Waals surface area contributed by atoms with Crippen LogP contribution in [0.15, 0.2) is 58.7 Å². The van der Waals surface area contributed by atoms with Gasteiger partial charge in [-0.3, -0.25) is 4.79 Å². The standard InChI is InChI=1S/C22H16BrCl2N3O2/c1-12-9-14(13(2)27(12)17-7-8-18(23)19(25)11-17)10-20-21(29)28(22(30)26-20)16-5-3-15(24)4-6-16/h3-11H,1-2H3,(H,26,30)/b20-10+. The van der Waals surface area contributed by atoms with Crippen LogP contribution in [0.4, 0.5) is 10.5 Å². The van der Waals surface area contributed by atoms with Crippen molar-refractivity contribution < 1.29 is 9.59 Å². The second-order valence-electron chi connectivity index (χ2n) is 6.87. The van der Waals surface area contributed by atoms with Crippen LogP contribution in [-0.4, -0.2) is 16.5 Å². The molecule has 0 bridgehead atoms. The normalized spacial score (nSPS) is 15.2. The van der Waals surface area contributed by atoms with Crippen molar-refractivity contribution in [3.8, 4) is 5.69 Å². The molecule has 2 heterocycles. The number of urea groups is 1. The first kappa shape index (κ1) is 20.7. The number of nitrogens with zero attached hydrogens (tertiary/aromatic N) is 2. The fraction of sp³-hybridized carbons (Fsp3) is 0.0909. The Morgan fingerprint density at radius 2 is 1.63 bits per heavy atom. The summed E-state index contributed by atoms with van der Waals surface area (Å²) in [6.07, 6.45) is 1.69. The van der Waals surface area contributed by atoms with Gasteiger partial charge in [0.05, 0.1) is 10.7 Å². The number of benzene rings is 2. The number of anilines is 1. The molecule has 0 atom stereocenters. The average molecular weight is 505 g/mol. The average Bonchev–Trinajstić information content (AvgIpc) is 3.13. The van der Waals surface area contributed by atoms with E-state index in [0.29, 0.717) is 15.7 Å². The van der Waals surface area contributed by atoms with Crippen LogP contribution in [0.2, 0.25) is 10.0 Å². The number of aromatic nitrogens is 1. The van der Waals surface area contributed by atoms with Gasteiger partial charge in [0, 0.05) is 26.6 Å². The van der Waals surface area contributed by atoms with Gasteiger partial charge in [0.2, 0.25) is 0 Å². The number of aryl methyl sites for hydroxylation is 1. The van der Waals surface area contributed by atoms with Crippen molar-refractivity contribution in [1.29, 1.82) is 0 Å². The van der Waals surface area contributed by atoms with Gasteiger partial charge in [-0.2, -0.15) is 0 Å². The van der Waals surface area contributed by atoms with Gasteiger partial charge < -0.3 is 9.88 Å². The summed E-state index contributed by atoms with van der Waals surface area (Å²) in [5.41, 5.74) is 4.30. The molecule has 8 heteroatoms. The number of halogens is 3. The Hall–Kier alpha value is -2.54. The maximum atomic E-state index is 12.9. The Bertz CT molecular complexity index is 1220. The first-order valence-electron chi connectivity index (χ1n) is 9.03. The third-order valence-electron chi connectivity index (χ3n) is 4.89. The third kappa shape index (κ3) is 3.67. The van der Waals surface area contributed by atoms with Gasteiger partial charge in [0.15, 0.2) is 0 Å². The molecule has 1 aliphatic heterocycles. The van der Waals surface area contributed by atoms with Crippen molar-refractivity contribution in [2.45, 2.75) is 13.8 Å². The highest BCUT2D eigenvalue weighted by Crippen LogP contribution is 2.29. The van der Waals surface area contributed by atoms with Crippen LogP contribution in [0.1, 0.15) is 17.0 Å². The number of imide groups is 1. The van der Waals surface area contributed by atoms with Crippen molar-refractivity contribution in [2.75, 3.05) is 4.90 Å². The zero-order valence-corrected chi connectivity index (χ0v) is 19.1. The smallest absolute Gasteiger partial charge is 0.318 e. The van der Waals surface area contributed by atoms with Gasteiger partial charge in [-0.15, -0.1) is 0 Å². The van der Waals surface area contributed by atoms with Gasteiger partial charge in [-0.25, -0.2) is 9.69 Å². The van der Waals surface area contributed by atoms with Crippen molar-refractivity contribution >= 4 is 62.8 Å². The molecular formula is C22H16BrCl2N3O2. The monoisotopic (exact) mass is 503 g/mol. The Labute approximate surface area is 192 Å². The number of hydrogen-bond acceptors (Lipinski definition) is 2. The lowest BCUT2D eigenvalue weighted by Crippen LogP contribution is -2.30. The maximum absolute atomic E-state index is 12.9. The van der Waals surface area contributed by atoms with E-state index in [1.54, 1.807) is 30.3 Å². The molecule has 0 aliphatic carbocycles. The molecule has 1 saturated heterocycles. The number of nitrogens with one attached hydrogen (secondary N) is 1. The Balaban J connectivity index is 1.70. The number of amides is 3. The minimum absolute atomic E-state index is 0.212. The van der Waals surface area contributed by atoms with Crippen LogP contribution in [0.25, 0.3) is 11.8 Å². The summed E-state index contributed by atoms with van der Waals surface area (Å²) in [5, 5.41) is 3.79. The van der Waals surface area contributed by atoms with E-state index in [0.717, 1.165) is 32.0 Å². The lowest BCUT2D eigenvalue weighted by molar-refractivity contribution is -0.113. The van der Waals surface area contributed by atoms with Crippen LogP contribution >= 0.6 is 39.1 Å². The molecule has 0 spiro atoms. The molecule has 30 heavy (non-hydrogen) atoms. The van der Waals surface area contributed by atoms with Gasteiger partial charge in [0.25, 0.3) is 5.91 Å². The molecule has 3 amide bonds. The lowest BCUT2D eigenvalue weighted by Gasteiger charge is -2.11. The highest BCUT2D eigenvalue weighted by Gasteiger charge is 2.35. The quantitative estimate of drug-likeness (QED) is 0.338. The van der Waals surface area contributed by atoms with Gasteiger partial charge >= 0.3 is 6.03 Å². The molecule has 0 saturated carbocycles. The van der Waals surface area contributed by atoms with E-state index < -0.39 is 11.9 Å². The van der Waals surface area contributed by atoms with E-state index in [4.69, 9.17) is 23.2 Å². The molecule has 5 nitrogen and oxygen atoms in total. The van der Waals surface area contributed by atoms with E-state index in [1.807, 2.05) is 42.7 Å². The summed E-state index contributed by atoms with van der Waals surface area (Å²) in [6.45, 7) is 3.92. The number of hydrogen-bond donors (Lipinski definition) is 1. The Morgan fingerprint density at radius 1 is 0.967 bits per heavy atom. The molecule has 0 radical (unpaired) electrons. The van der Waals surface area contributed by atoms with Crippen molar-refractivity contribution in [1.82, 2.24) is 9.88 Å². The second-order valence-corrected chi connectivity index (χ2v) is 8.56. The summed E-state index contributed by atoms with van der Waals surface area (Å²) in [6, 6.07) is 13.7. The predicted octanol–water partition coefficient (Wildman–Crippen LogP) is 6.26. The van der Waals surface area contributed by atoms with Crippen LogP contribution in [-0.2, 0) is 4.79 Å². The number of carbonyl (C=O) groups is 2. The molecule has 1 N–H and O–H groups in total. The topological polar surface area (TPSA) is 54.3 Å². The van der Waals surface area contributed by atoms with Gasteiger partial charge in [-0.1, -0.05) is 23.2 Å². The first-order valence-corrected chi connectivity index (χ1v) is 10.6. The summed E-state index contributed by atoms with van der Waals surface area (Å²) >= 11 is 15.6. The van der Waals surface area contributed by atoms with Crippen molar-refractivity contribution in [3.63, 3.8) is 0 Å². The summed E-state index contributed by atoms with van der Waals surface area (Å²) < 4.78 is 2.86. The highest BCUT2D eigenvalue weighted by atomic mass is 79.9. The molecule has 2 aromatic carbocycles. The van der Waals surface area contributed by atoms with E-state index in [-0.39, 0.29) is 5.70 Å². The number of rotatable bonds is 3.